The fourth-order valence-electron chi connectivity index (χ4n) is 1.71. The van der Waals surface area contributed by atoms with E-state index < -0.39 is 0 Å². The van der Waals surface area contributed by atoms with E-state index in [2.05, 4.69) is 0 Å². The molecule has 88 valence electrons. The monoisotopic (exact) mass is 218 g/mol. The molecule has 5 nitrogen and oxygen atoms in total. The Morgan fingerprint density at radius 2 is 2.07 bits per heavy atom. The number of hydrogen-bond acceptors (Lipinski definition) is 5. The molecular formula is C10H18O5. The fraction of sp³-hybridized carbons (Fsp3) is 0.800. The van der Waals surface area contributed by atoms with Gasteiger partial charge >= 0.3 is 0 Å². The number of aliphatic hydroxyl groups excluding tert-OH is 1. The van der Waals surface area contributed by atoms with E-state index in [9.17, 15) is 0 Å². The summed E-state index contributed by atoms with van der Waals surface area (Å²) in [6.07, 6.45) is 0.768. The third-order valence-electron chi connectivity index (χ3n) is 2.46. The lowest BCUT2D eigenvalue weighted by molar-refractivity contribution is -0.121. The molecule has 1 aliphatic rings. The lowest BCUT2D eigenvalue weighted by Crippen LogP contribution is -2.47. The van der Waals surface area contributed by atoms with Crippen molar-refractivity contribution >= 4 is 0 Å². The molecule has 0 saturated carbocycles. The lowest BCUT2D eigenvalue weighted by Gasteiger charge is -2.35. The van der Waals surface area contributed by atoms with E-state index in [1.807, 2.05) is 0 Å². The zero-order valence-corrected chi connectivity index (χ0v) is 9.30. The van der Waals surface area contributed by atoms with Gasteiger partial charge in [0.05, 0.1) is 19.5 Å². The molecule has 3 atom stereocenters. The molecule has 0 amide bonds. The van der Waals surface area contributed by atoms with Gasteiger partial charge in [-0.25, -0.2) is 0 Å². The Morgan fingerprint density at radius 1 is 1.33 bits per heavy atom. The van der Waals surface area contributed by atoms with Gasteiger partial charge in [-0.1, -0.05) is 0 Å². The Hall–Kier alpha value is -0.620. The third-order valence-corrected chi connectivity index (χ3v) is 2.46. The minimum Gasteiger partial charge on any atom is -0.493 e. The molecule has 0 fully saturated rings. The standard InChI is InChI=1S/C10H18O5/c1-12-6-8-10(14-3)9(13-2)7(4-11)5-15-8/h5,8-11H,4,6H2,1-3H3/t8-,9-,10+/m1/s1. The van der Waals surface area contributed by atoms with E-state index in [4.69, 9.17) is 24.1 Å². The molecule has 0 aromatic carbocycles. The highest BCUT2D eigenvalue weighted by molar-refractivity contribution is 5.13. The Balaban J connectivity index is 2.77. The van der Waals surface area contributed by atoms with Crippen molar-refractivity contribution in [2.45, 2.75) is 18.3 Å². The van der Waals surface area contributed by atoms with E-state index in [0.717, 1.165) is 0 Å². The average molecular weight is 218 g/mol. The SMILES string of the molecule is COC[C@H]1OC=C(CO)[C@@H](OC)[C@H]1OC. The van der Waals surface area contributed by atoms with Crippen LogP contribution >= 0.6 is 0 Å². The van der Waals surface area contributed by atoms with Crippen LogP contribution in [0.2, 0.25) is 0 Å². The zero-order chi connectivity index (χ0) is 11.3. The molecule has 0 unspecified atom stereocenters. The van der Waals surface area contributed by atoms with Gasteiger partial charge in [-0.15, -0.1) is 0 Å². The van der Waals surface area contributed by atoms with Crippen LogP contribution < -0.4 is 0 Å². The van der Waals surface area contributed by atoms with E-state index in [0.29, 0.717) is 12.2 Å². The van der Waals surface area contributed by atoms with Crippen molar-refractivity contribution in [3.8, 4) is 0 Å². The van der Waals surface area contributed by atoms with Crippen molar-refractivity contribution in [3.05, 3.63) is 11.8 Å². The molecule has 15 heavy (non-hydrogen) atoms. The van der Waals surface area contributed by atoms with Gasteiger partial charge in [0.2, 0.25) is 0 Å². The van der Waals surface area contributed by atoms with E-state index >= 15 is 0 Å². The first-order valence-electron chi connectivity index (χ1n) is 4.78. The summed E-state index contributed by atoms with van der Waals surface area (Å²) in [5.41, 5.74) is 0.678. The van der Waals surface area contributed by atoms with Gasteiger partial charge in [-0.05, 0) is 0 Å². The predicted octanol–water partition coefficient (Wildman–Crippen LogP) is -0.0622. The molecule has 0 bridgehead atoms. The Labute approximate surface area is 89.6 Å². The van der Waals surface area contributed by atoms with Crippen molar-refractivity contribution < 1.29 is 24.1 Å². The first kappa shape index (κ1) is 12.4. The molecule has 5 heteroatoms. The Morgan fingerprint density at radius 3 is 2.53 bits per heavy atom. The molecule has 1 heterocycles. The van der Waals surface area contributed by atoms with Gasteiger partial charge in [0, 0.05) is 26.9 Å². The van der Waals surface area contributed by atoms with Crippen LogP contribution in [0.1, 0.15) is 0 Å². The molecule has 0 aliphatic carbocycles. The summed E-state index contributed by atoms with van der Waals surface area (Å²) in [6, 6.07) is 0. The first-order valence-corrected chi connectivity index (χ1v) is 4.78. The van der Waals surface area contributed by atoms with Gasteiger partial charge in [-0.3, -0.25) is 0 Å². The molecule has 1 aliphatic heterocycles. The van der Waals surface area contributed by atoms with Gasteiger partial charge in [0.25, 0.3) is 0 Å². The minimum absolute atomic E-state index is 0.0991. The van der Waals surface area contributed by atoms with Crippen molar-refractivity contribution in [3.63, 3.8) is 0 Å². The minimum atomic E-state index is -0.283. The summed E-state index contributed by atoms with van der Waals surface area (Å²) in [4.78, 5) is 0. The smallest absolute Gasteiger partial charge is 0.150 e. The second-order valence-electron chi connectivity index (χ2n) is 3.34. The molecular weight excluding hydrogens is 200 g/mol. The summed E-state index contributed by atoms with van der Waals surface area (Å²) in [5, 5.41) is 9.11. The van der Waals surface area contributed by atoms with Crippen LogP contribution in [0.15, 0.2) is 11.8 Å². The highest BCUT2D eigenvalue weighted by Gasteiger charge is 2.36. The van der Waals surface area contributed by atoms with E-state index in [-0.39, 0.29) is 24.9 Å². The number of ether oxygens (including phenoxy) is 4. The van der Waals surface area contributed by atoms with Crippen molar-refractivity contribution in [2.24, 2.45) is 0 Å². The fourth-order valence-corrected chi connectivity index (χ4v) is 1.71. The van der Waals surface area contributed by atoms with Crippen LogP contribution in [0.5, 0.6) is 0 Å². The molecule has 0 aromatic heterocycles. The van der Waals surface area contributed by atoms with Gasteiger partial charge in [0.1, 0.15) is 18.3 Å². The maximum atomic E-state index is 9.11. The summed E-state index contributed by atoms with van der Waals surface area (Å²) in [6.45, 7) is 0.325. The number of aliphatic hydroxyl groups is 1. The Bertz CT molecular complexity index is 216. The second-order valence-corrected chi connectivity index (χ2v) is 3.34. The quantitative estimate of drug-likeness (QED) is 0.700. The topological polar surface area (TPSA) is 57.2 Å². The van der Waals surface area contributed by atoms with Gasteiger partial charge < -0.3 is 24.1 Å². The average Bonchev–Trinajstić information content (AvgIpc) is 2.28. The van der Waals surface area contributed by atoms with Crippen molar-refractivity contribution in [2.75, 3.05) is 34.5 Å². The van der Waals surface area contributed by atoms with E-state index in [1.54, 1.807) is 21.3 Å². The maximum absolute atomic E-state index is 9.11. The molecule has 0 radical (unpaired) electrons. The summed E-state index contributed by atoms with van der Waals surface area (Å²) in [7, 11) is 4.77. The third kappa shape index (κ3) is 2.69. The molecule has 0 spiro atoms. The van der Waals surface area contributed by atoms with E-state index in [1.165, 1.54) is 6.26 Å². The van der Waals surface area contributed by atoms with Gasteiger partial charge in [-0.2, -0.15) is 0 Å². The Kier molecular flexibility index (Phi) is 5.04. The maximum Gasteiger partial charge on any atom is 0.150 e. The summed E-state index contributed by atoms with van der Waals surface area (Å²) < 4.78 is 21.0. The van der Waals surface area contributed by atoms with Crippen LogP contribution in [0.25, 0.3) is 0 Å². The molecule has 0 saturated heterocycles. The van der Waals surface area contributed by atoms with Gasteiger partial charge in [0.15, 0.2) is 0 Å². The van der Waals surface area contributed by atoms with Crippen molar-refractivity contribution in [1.82, 2.24) is 0 Å². The van der Waals surface area contributed by atoms with Crippen LogP contribution in [0.4, 0.5) is 0 Å². The first-order chi connectivity index (χ1) is 7.28. The largest absolute Gasteiger partial charge is 0.493 e. The molecule has 0 aromatic rings. The number of methoxy groups -OCH3 is 3. The predicted molar refractivity (Wildman–Crippen MR) is 53.5 cm³/mol. The van der Waals surface area contributed by atoms with Crippen LogP contribution in [-0.4, -0.2) is 58.0 Å². The zero-order valence-electron chi connectivity index (χ0n) is 9.30. The summed E-state index contributed by atoms with van der Waals surface area (Å²) >= 11 is 0. The van der Waals surface area contributed by atoms with Crippen LogP contribution in [-0.2, 0) is 18.9 Å². The number of rotatable bonds is 5. The number of hydrogen-bond donors (Lipinski definition) is 1. The normalized spacial score (nSPS) is 30.9. The summed E-state index contributed by atoms with van der Waals surface area (Å²) in [5.74, 6) is 0. The molecule has 1 rings (SSSR count). The second kappa shape index (κ2) is 6.07. The van der Waals surface area contributed by atoms with Crippen molar-refractivity contribution in [1.29, 1.82) is 0 Å². The lowest BCUT2D eigenvalue weighted by atomic mass is 9.99. The van der Waals surface area contributed by atoms with Crippen LogP contribution in [0, 0.1) is 0 Å². The molecule has 1 N–H and O–H groups in total. The van der Waals surface area contributed by atoms with Crippen LogP contribution in [0.3, 0.4) is 0 Å². The highest BCUT2D eigenvalue weighted by atomic mass is 16.6. The highest BCUT2D eigenvalue weighted by Crippen LogP contribution is 2.23.